The summed E-state index contributed by atoms with van der Waals surface area (Å²) in [5, 5.41) is 7.68. The zero-order valence-corrected chi connectivity index (χ0v) is 14.2. The zero-order valence-electron chi connectivity index (χ0n) is 14.2. The molecular weight excluding hydrogens is 320 g/mol. The number of rotatable bonds is 6. The van der Waals surface area contributed by atoms with Crippen LogP contribution in [0, 0.1) is 12.3 Å². The Labute approximate surface area is 147 Å². The molecular formula is C18H22N4O3. The van der Waals surface area contributed by atoms with Crippen LogP contribution in [0.15, 0.2) is 24.3 Å². The van der Waals surface area contributed by atoms with E-state index in [2.05, 4.69) is 21.9 Å². The first-order valence-electron chi connectivity index (χ1n) is 8.16. The van der Waals surface area contributed by atoms with Gasteiger partial charge in [0.25, 0.3) is 0 Å². The van der Waals surface area contributed by atoms with Crippen LogP contribution in [0.4, 0.5) is 10.5 Å². The van der Waals surface area contributed by atoms with Crippen LogP contribution in [0.3, 0.4) is 0 Å². The molecule has 1 fully saturated rings. The van der Waals surface area contributed by atoms with Crippen LogP contribution in [-0.4, -0.2) is 37.5 Å². The lowest BCUT2D eigenvalue weighted by molar-refractivity contribution is -0.120. The number of carbonyl (C=O) groups is 3. The Morgan fingerprint density at radius 1 is 1.28 bits per heavy atom. The lowest BCUT2D eigenvalue weighted by Gasteiger charge is -2.18. The molecule has 1 heterocycles. The fraction of sp³-hybridized carbons (Fsp3) is 0.389. The zero-order chi connectivity index (χ0) is 18.2. The maximum Gasteiger partial charge on any atom is 0.315 e. The summed E-state index contributed by atoms with van der Waals surface area (Å²) in [6.45, 7) is 2.57. The molecule has 1 atom stereocenters. The number of carbonyl (C=O) groups excluding carboxylic acids is 3. The lowest BCUT2D eigenvalue weighted by Crippen LogP contribution is -2.42. The monoisotopic (exact) mass is 342 g/mol. The summed E-state index contributed by atoms with van der Waals surface area (Å²) >= 11 is 0. The van der Waals surface area contributed by atoms with Crippen molar-refractivity contribution in [2.75, 3.05) is 24.5 Å². The van der Waals surface area contributed by atoms with E-state index in [1.807, 2.05) is 31.2 Å². The van der Waals surface area contributed by atoms with Crippen molar-refractivity contribution < 1.29 is 14.4 Å². The normalized spacial score (nSPS) is 14.6. The maximum atomic E-state index is 11.8. The quantitative estimate of drug-likeness (QED) is 0.672. The van der Waals surface area contributed by atoms with Gasteiger partial charge in [-0.05, 0) is 31.0 Å². The molecule has 7 nitrogen and oxygen atoms in total. The third-order valence-corrected chi connectivity index (χ3v) is 3.92. The fourth-order valence-corrected chi connectivity index (χ4v) is 2.57. The van der Waals surface area contributed by atoms with Crippen molar-refractivity contribution in [3.63, 3.8) is 0 Å². The first-order chi connectivity index (χ1) is 12.0. The second-order valence-electron chi connectivity index (χ2n) is 5.77. The summed E-state index contributed by atoms with van der Waals surface area (Å²) in [4.78, 5) is 36.7. The molecule has 1 aliphatic rings. The number of nitrogens with zero attached hydrogens (tertiary/aromatic N) is 1. The van der Waals surface area contributed by atoms with Gasteiger partial charge in [0.1, 0.15) is 0 Å². The van der Waals surface area contributed by atoms with Crippen molar-refractivity contribution in [1.82, 2.24) is 16.0 Å². The molecule has 0 saturated carbocycles. The maximum absolute atomic E-state index is 11.8. The van der Waals surface area contributed by atoms with E-state index in [4.69, 9.17) is 6.42 Å². The first-order valence-corrected chi connectivity index (χ1v) is 8.16. The molecule has 3 N–H and O–H groups in total. The molecule has 0 unspecified atom stereocenters. The Bertz CT molecular complexity index is 679. The summed E-state index contributed by atoms with van der Waals surface area (Å²) in [5.41, 5.74) is 1.77. The Hall–Kier alpha value is -3.01. The molecule has 0 radical (unpaired) electrons. The van der Waals surface area contributed by atoms with Gasteiger partial charge in [-0.15, -0.1) is 6.42 Å². The Balaban J connectivity index is 1.83. The van der Waals surface area contributed by atoms with E-state index >= 15 is 0 Å². The van der Waals surface area contributed by atoms with Crippen molar-refractivity contribution in [3.8, 4) is 12.3 Å². The SMILES string of the molecule is C#CCNC(=O)CNC(=O)N[C@@H](C)c1ccc(N2CCCC2=O)cc1. The summed E-state index contributed by atoms with van der Waals surface area (Å²) < 4.78 is 0. The average molecular weight is 342 g/mol. The Kier molecular flexibility index (Phi) is 6.40. The van der Waals surface area contributed by atoms with Crippen molar-refractivity contribution in [2.45, 2.75) is 25.8 Å². The van der Waals surface area contributed by atoms with Gasteiger partial charge in [0.2, 0.25) is 11.8 Å². The first kappa shape index (κ1) is 18.3. The van der Waals surface area contributed by atoms with E-state index < -0.39 is 6.03 Å². The highest BCUT2D eigenvalue weighted by atomic mass is 16.2. The van der Waals surface area contributed by atoms with Crippen molar-refractivity contribution in [1.29, 1.82) is 0 Å². The molecule has 1 aromatic rings. The number of urea groups is 1. The summed E-state index contributed by atoms with van der Waals surface area (Å²) in [6, 6.07) is 6.83. The molecule has 1 aliphatic heterocycles. The molecule has 1 aromatic carbocycles. The Morgan fingerprint density at radius 2 is 2.00 bits per heavy atom. The number of hydrogen-bond donors (Lipinski definition) is 3. The number of anilines is 1. The third kappa shape index (κ3) is 5.24. The van der Waals surface area contributed by atoms with Crippen LogP contribution in [0.1, 0.15) is 31.4 Å². The van der Waals surface area contributed by atoms with Crippen molar-refractivity contribution >= 4 is 23.5 Å². The minimum atomic E-state index is -0.442. The van der Waals surface area contributed by atoms with Crippen LogP contribution in [0.25, 0.3) is 0 Å². The highest BCUT2D eigenvalue weighted by molar-refractivity contribution is 5.95. The number of nitrogens with one attached hydrogen (secondary N) is 3. The molecule has 132 valence electrons. The highest BCUT2D eigenvalue weighted by Gasteiger charge is 2.21. The summed E-state index contributed by atoms with van der Waals surface area (Å²) in [6.07, 6.45) is 6.51. The van der Waals surface area contributed by atoms with Gasteiger partial charge in [-0.1, -0.05) is 18.1 Å². The number of amides is 4. The molecule has 4 amide bonds. The molecule has 2 rings (SSSR count). The lowest BCUT2D eigenvalue weighted by atomic mass is 10.1. The second kappa shape index (κ2) is 8.73. The number of terminal acetylenes is 1. The van der Waals surface area contributed by atoms with Gasteiger partial charge in [-0.3, -0.25) is 9.59 Å². The van der Waals surface area contributed by atoms with E-state index in [0.717, 1.165) is 24.2 Å². The Morgan fingerprint density at radius 3 is 2.60 bits per heavy atom. The number of hydrogen-bond acceptors (Lipinski definition) is 3. The van der Waals surface area contributed by atoms with Crippen molar-refractivity contribution in [2.24, 2.45) is 0 Å². The molecule has 0 aromatic heterocycles. The predicted molar refractivity (Wildman–Crippen MR) is 94.8 cm³/mol. The smallest absolute Gasteiger partial charge is 0.315 e. The van der Waals surface area contributed by atoms with E-state index in [-0.39, 0.29) is 30.9 Å². The summed E-state index contributed by atoms with van der Waals surface area (Å²) in [5.74, 6) is 2.08. The van der Waals surface area contributed by atoms with Crippen LogP contribution < -0.4 is 20.9 Å². The van der Waals surface area contributed by atoms with E-state index in [1.165, 1.54) is 0 Å². The van der Waals surface area contributed by atoms with E-state index in [1.54, 1.807) is 4.90 Å². The minimum absolute atomic E-state index is 0.129. The van der Waals surface area contributed by atoms with Crippen LogP contribution in [0.2, 0.25) is 0 Å². The van der Waals surface area contributed by atoms with Gasteiger partial charge >= 0.3 is 6.03 Å². The largest absolute Gasteiger partial charge is 0.344 e. The third-order valence-electron chi connectivity index (χ3n) is 3.92. The van der Waals surface area contributed by atoms with Gasteiger partial charge in [-0.2, -0.15) is 0 Å². The second-order valence-corrected chi connectivity index (χ2v) is 5.77. The van der Waals surface area contributed by atoms with Gasteiger partial charge in [-0.25, -0.2) is 4.79 Å². The average Bonchev–Trinajstić information content (AvgIpc) is 3.04. The van der Waals surface area contributed by atoms with E-state index in [9.17, 15) is 14.4 Å². The van der Waals surface area contributed by atoms with Gasteiger partial charge in [0.05, 0.1) is 19.1 Å². The highest BCUT2D eigenvalue weighted by Crippen LogP contribution is 2.23. The van der Waals surface area contributed by atoms with E-state index in [0.29, 0.717) is 6.42 Å². The van der Waals surface area contributed by atoms with Crippen molar-refractivity contribution in [3.05, 3.63) is 29.8 Å². The minimum Gasteiger partial charge on any atom is -0.344 e. The molecule has 7 heteroatoms. The standard InChI is InChI=1S/C18H22N4O3/c1-3-10-19-16(23)12-20-18(25)21-13(2)14-6-8-15(9-7-14)22-11-4-5-17(22)24/h1,6-9,13H,4-5,10-12H2,2H3,(H,19,23)(H2,20,21,25)/t13-/m0/s1. The van der Waals surface area contributed by atoms with Gasteiger partial charge in [0, 0.05) is 18.7 Å². The molecule has 0 aliphatic carbocycles. The molecule has 1 saturated heterocycles. The topological polar surface area (TPSA) is 90.5 Å². The molecule has 25 heavy (non-hydrogen) atoms. The molecule has 0 spiro atoms. The summed E-state index contributed by atoms with van der Waals surface area (Å²) in [7, 11) is 0. The van der Waals surface area contributed by atoms with Crippen LogP contribution in [-0.2, 0) is 9.59 Å². The predicted octanol–water partition coefficient (Wildman–Crippen LogP) is 0.923. The number of benzene rings is 1. The van der Waals surface area contributed by atoms with Gasteiger partial charge in [0.15, 0.2) is 0 Å². The van der Waals surface area contributed by atoms with Crippen LogP contribution >= 0.6 is 0 Å². The van der Waals surface area contributed by atoms with Crippen LogP contribution in [0.5, 0.6) is 0 Å². The van der Waals surface area contributed by atoms with Gasteiger partial charge < -0.3 is 20.9 Å². The molecule has 0 bridgehead atoms. The fourth-order valence-electron chi connectivity index (χ4n) is 2.57.